The Morgan fingerprint density at radius 2 is 1.76 bits per heavy atom. The second-order valence-electron chi connectivity index (χ2n) is 6.19. The van der Waals surface area contributed by atoms with E-state index in [0.717, 1.165) is 5.39 Å². The molecule has 0 bridgehead atoms. The third-order valence-electron chi connectivity index (χ3n) is 4.31. The predicted molar refractivity (Wildman–Crippen MR) is 115 cm³/mol. The average Bonchev–Trinajstić information content (AvgIpc) is 2.72. The van der Waals surface area contributed by atoms with E-state index in [1.54, 1.807) is 67.1 Å². The van der Waals surface area contributed by atoms with Gasteiger partial charge >= 0.3 is 0 Å². The Bertz CT molecular complexity index is 1330. The Morgan fingerprint density at radius 3 is 2.45 bits per heavy atom. The SMILES string of the molecule is N#CC(=Cc1cc2cccnc2n(-c2cc(Cl)cc(Cl)c2)c1=O)c1ccncc1. The largest absolute Gasteiger partial charge is 0.268 e. The molecule has 1 aromatic carbocycles. The van der Waals surface area contributed by atoms with Crippen molar-refractivity contribution in [1.82, 2.24) is 14.5 Å². The number of benzene rings is 1. The van der Waals surface area contributed by atoms with E-state index in [2.05, 4.69) is 16.0 Å². The summed E-state index contributed by atoms with van der Waals surface area (Å²) in [4.78, 5) is 21.7. The van der Waals surface area contributed by atoms with Crippen molar-refractivity contribution in [2.45, 2.75) is 0 Å². The zero-order valence-corrected chi connectivity index (χ0v) is 16.4. The second kappa shape index (κ2) is 7.88. The molecule has 0 amide bonds. The molecular weight excluding hydrogens is 407 g/mol. The number of nitriles is 1. The van der Waals surface area contributed by atoms with Gasteiger partial charge in [0.1, 0.15) is 5.65 Å². The Kier molecular flexibility index (Phi) is 5.13. The number of rotatable bonds is 3. The minimum Gasteiger partial charge on any atom is -0.268 e. The number of aromatic nitrogens is 3. The maximum Gasteiger partial charge on any atom is 0.264 e. The van der Waals surface area contributed by atoms with E-state index in [1.807, 2.05) is 6.07 Å². The van der Waals surface area contributed by atoms with Crippen LogP contribution in [0.15, 0.2) is 71.9 Å². The van der Waals surface area contributed by atoms with Crippen LogP contribution in [-0.4, -0.2) is 14.5 Å². The first kappa shape index (κ1) is 18.9. The molecule has 0 radical (unpaired) electrons. The summed E-state index contributed by atoms with van der Waals surface area (Å²) in [7, 11) is 0. The third kappa shape index (κ3) is 3.77. The van der Waals surface area contributed by atoms with Gasteiger partial charge in [0.05, 0.1) is 17.3 Å². The van der Waals surface area contributed by atoms with Crippen LogP contribution in [0.3, 0.4) is 0 Å². The maximum absolute atomic E-state index is 13.4. The standard InChI is InChI=1S/C22H12Cl2N4O/c23-18-10-19(24)12-20(11-18)28-21-15(2-1-5-27-21)8-16(22(28)29)9-17(13-25)14-3-6-26-7-4-14/h1-12H. The molecular formula is C22H12Cl2N4O. The molecule has 0 saturated heterocycles. The highest BCUT2D eigenvalue weighted by Crippen LogP contribution is 2.24. The molecule has 7 heteroatoms. The quantitative estimate of drug-likeness (QED) is 0.431. The van der Waals surface area contributed by atoms with E-state index in [0.29, 0.717) is 38.1 Å². The summed E-state index contributed by atoms with van der Waals surface area (Å²) in [6.45, 7) is 0. The van der Waals surface area contributed by atoms with Gasteiger partial charge in [-0.2, -0.15) is 5.26 Å². The number of nitrogens with zero attached hydrogens (tertiary/aromatic N) is 4. The van der Waals surface area contributed by atoms with Crippen molar-refractivity contribution in [2.75, 3.05) is 0 Å². The van der Waals surface area contributed by atoms with E-state index in [1.165, 1.54) is 4.57 Å². The van der Waals surface area contributed by atoms with Crippen LogP contribution < -0.4 is 5.56 Å². The van der Waals surface area contributed by atoms with E-state index < -0.39 is 0 Å². The van der Waals surface area contributed by atoms with Crippen LogP contribution in [0.4, 0.5) is 0 Å². The minimum atomic E-state index is -0.337. The number of hydrogen-bond acceptors (Lipinski definition) is 4. The van der Waals surface area contributed by atoms with Crippen LogP contribution in [0.1, 0.15) is 11.1 Å². The van der Waals surface area contributed by atoms with Gasteiger partial charge in [0, 0.05) is 39.6 Å². The van der Waals surface area contributed by atoms with Crippen molar-refractivity contribution in [3.63, 3.8) is 0 Å². The highest BCUT2D eigenvalue weighted by molar-refractivity contribution is 6.34. The Labute approximate surface area is 176 Å². The lowest BCUT2D eigenvalue weighted by atomic mass is 10.0. The molecule has 0 saturated carbocycles. The van der Waals surface area contributed by atoms with Gasteiger partial charge in [0.15, 0.2) is 0 Å². The number of pyridine rings is 3. The highest BCUT2D eigenvalue weighted by atomic mass is 35.5. The van der Waals surface area contributed by atoms with Crippen LogP contribution >= 0.6 is 23.2 Å². The molecule has 0 N–H and O–H groups in total. The minimum absolute atomic E-state index is 0.337. The summed E-state index contributed by atoms with van der Waals surface area (Å²) in [5, 5.41) is 11.2. The summed E-state index contributed by atoms with van der Waals surface area (Å²) in [6, 6.07) is 15.8. The lowest BCUT2D eigenvalue weighted by molar-refractivity contribution is 1.01. The molecule has 0 fully saturated rings. The monoisotopic (exact) mass is 418 g/mol. The van der Waals surface area contributed by atoms with Gasteiger partial charge in [-0.05, 0) is 60.2 Å². The van der Waals surface area contributed by atoms with Crippen molar-refractivity contribution >= 4 is 45.9 Å². The molecule has 29 heavy (non-hydrogen) atoms. The topological polar surface area (TPSA) is 71.6 Å². The van der Waals surface area contributed by atoms with Crippen LogP contribution in [0.2, 0.25) is 10.0 Å². The fourth-order valence-corrected chi connectivity index (χ4v) is 3.56. The summed E-state index contributed by atoms with van der Waals surface area (Å²) in [5.74, 6) is 0. The van der Waals surface area contributed by atoms with Crippen molar-refractivity contribution < 1.29 is 0 Å². The van der Waals surface area contributed by atoms with Crippen LogP contribution in [0, 0.1) is 11.3 Å². The molecule has 0 aliphatic carbocycles. The molecule has 0 spiro atoms. The van der Waals surface area contributed by atoms with Crippen molar-refractivity contribution in [1.29, 1.82) is 5.26 Å². The van der Waals surface area contributed by atoms with Gasteiger partial charge < -0.3 is 0 Å². The molecule has 3 heterocycles. The van der Waals surface area contributed by atoms with Gasteiger partial charge in [-0.1, -0.05) is 23.2 Å². The number of fused-ring (bicyclic) bond motifs is 1. The van der Waals surface area contributed by atoms with Gasteiger partial charge in [0.25, 0.3) is 5.56 Å². The molecule has 0 aliphatic heterocycles. The van der Waals surface area contributed by atoms with E-state index >= 15 is 0 Å². The zero-order chi connectivity index (χ0) is 20.4. The molecule has 140 valence electrons. The first-order valence-corrected chi connectivity index (χ1v) is 9.32. The Hall–Kier alpha value is -3.46. The number of allylic oxidation sites excluding steroid dienone is 1. The fourth-order valence-electron chi connectivity index (χ4n) is 3.04. The summed E-state index contributed by atoms with van der Waals surface area (Å²) in [5.41, 5.74) is 1.99. The first-order valence-electron chi connectivity index (χ1n) is 8.56. The summed E-state index contributed by atoms with van der Waals surface area (Å²) in [6.07, 6.45) is 6.36. The number of hydrogen-bond donors (Lipinski definition) is 0. The van der Waals surface area contributed by atoms with Crippen LogP contribution in [-0.2, 0) is 0 Å². The van der Waals surface area contributed by atoms with Crippen molar-refractivity contribution in [2.24, 2.45) is 0 Å². The Balaban J connectivity index is 2.03. The van der Waals surface area contributed by atoms with Gasteiger partial charge in [0.2, 0.25) is 0 Å². The smallest absolute Gasteiger partial charge is 0.264 e. The summed E-state index contributed by atoms with van der Waals surface area (Å²) < 4.78 is 1.44. The second-order valence-corrected chi connectivity index (χ2v) is 7.06. The van der Waals surface area contributed by atoms with Gasteiger partial charge in [-0.25, -0.2) is 4.98 Å². The average molecular weight is 419 g/mol. The lowest BCUT2D eigenvalue weighted by Gasteiger charge is -2.12. The molecule has 4 rings (SSSR count). The number of halogens is 2. The van der Waals surface area contributed by atoms with Crippen molar-refractivity contribution in [3.8, 4) is 11.8 Å². The van der Waals surface area contributed by atoms with Crippen LogP contribution in [0.5, 0.6) is 0 Å². The van der Waals surface area contributed by atoms with E-state index in [-0.39, 0.29) is 5.56 Å². The van der Waals surface area contributed by atoms with Crippen LogP contribution in [0.25, 0.3) is 28.4 Å². The highest BCUT2D eigenvalue weighted by Gasteiger charge is 2.13. The predicted octanol–water partition coefficient (Wildman–Crippen LogP) is 5.15. The van der Waals surface area contributed by atoms with Gasteiger partial charge in [-0.15, -0.1) is 0 Å². The molecule has 3 aromatic heterocycles. The molecule has 5 nitrogen and oxygen atoms in total. The fraction of sp³-hybridized carbons (Fsp3) is 0. The first-order chi connectivity index (χ1) is 14.1. The molecule has 4 aromatic rings. The zero-order valence-electron chi connectivity index (χ0n) is 14.9. The molecule has 0 aliphatic rings. The van der Waals surface area contributed by atoms with Gasteiger partial charge in [-0.3, -0.25) is 14.3 Å². The molecule has 0 unspecified atom stereocenters. The third-order valence-corrected chi connectivity index (χ3v) is 4.74. The summed E-state index contributed by atoms with van der Waals surface area (Å²) >= 11 is 12.3. The molecule has 0 atom stereocenters. The lowest BCUT2D eigenvalue weighted by Crippen LogP contribution is -2.21. The van der Waals surface area contributed by atoms with E-state index in [9.17, 15) is 10.1 Å². The van der Waals surface area contributed by atoms with Crippen molar-refractivity contribution in [3.05, 3.63) is 98.6 Å². The Morgan fingerprint density at radius 1 is 1.03 bits per heavy atom. The maximum atomic E-state index is 13.4. The van der Waals surface area contributed by atoms with E-state index in [4.69, 9.17) is 23.2 Å². The normalized spacial score (nSPS) is 11.4.